The molecule has 0 bridgehead atoms. The van der Waals surface area contributed by atoms with E-state index in [-0.39, 0.29) is 5.92 Å². The maximum atomic E-state index is 9.28. The summed E-state index contributed by atoms with van der Waals surface area (Å²) < 4.78 is 0. The fourth-order valence-electron chi connectivity index (χ4n) is 1.91. The van der Waals surface area contributed by atoms with Crippen molar-refractivity contribution in [2.75, 3.05) is 0 Å². The molecule has 1 aromatic heterocycles. The molecule has 92 valence electrons. The van der Waals surface area contributed by atoms with E-state index in [0.717, 1.165) is 21.1 Å². The number of nitrogens with zero attached hydrogens (tertiary/aromatic N) is 2. The third kappa shape index (κ3) is 2.44. The molecule has 2 aromatic rings. The van der Waals surface area contributed by atoms with E-state index >= 15 is 0 Å². The Morgan fingerprint density at radius 2 is 1.89 bits per heavy atom. The smallest absolute Gasteiger partial charge is 0.123 e. The first-order chi connectivity index (χ1) is 8.63. The number of benzene rings is 1. The van der Waals surface area contributed by atoms with Crippen LogP contribution in [0.2, 0.25) is 0 Å². The van der Waals surface area contributed by atoms with Crippen molar-refractivity contribution < 1.29 is 0 Å². The molecule has 2 nitrogen and oxygen atoms in total. The van der Waals surface area contributed by atoms with Gasteiger partial charge < -0.3 is 0 Å². The molecule has 18 heavy (non-hydrogen) atoms. The quantitative estimate of drug-likeness (QED) is 0.817. The number of hydrogen-bond acceptors (Lipinski definition) is 3. The standard InChI is InChI=1S/C15H16N2S/c1-10(2)13(9-16)14-11(3)17-15(18-14)12-7-5-4-6-8-12/h4-8,10,13H,1-3H3. The molecule has 0 saturated heterocycles. The van der Waals surface area contributed by atoms with Crippen molar-refractivity contribution in [3.8, 4) is 16.6 Å². The van der Waals surface area contributed by atoms with Crippen molar-refractivity contribution in [1.82, 2.24) is 4.98 Å². The zero-order chi connectivity index (χ0) is 13.1. The highest BCUT2D eigenvalue weighted by Gasteiger charge is 2.21. The van der Waals surface area contributed by atoms with Gasteiger partial charge in [0.1, 0.15) is 5.01 Å². The summed E-state index contributed by atoms with van der Waals surface area (Å²) >= 11 is 1.64. The molecule has 3 heteroatoms. The van der Waals surface area contributed by atoms with Crippen LogP contribution >= 0.6 is 11.3 Å². The first-order valence-electron chi connectivity index (χ1n) is 6.06. The summed E-state index contributed by atoms with van der Waals surface area (Å²) in [4.78, 5) is 5.70. The summed E-state index contributed by atoms with van der Waals surface area (Å²) in [7, 11) is 0. The zero-order valence-corrected chi connectivity index (χ0v) is 11.7. The molecule has 1 unspecified atom stereocenters. The third-order valence-electron chi connectivity index (χ3n) is 2.94. The van der Waals surface area contributed by atoms with Crippen molar-refractivity contribution in [2.24, 2.45) is 5.92 Å². The zero-order valence-electron chi connectivity index (χ0n) is 10.8. The van der Waals surface area contributed by atoms with Gasteiger partial charge in [-0.3, -0.25) is 0 Å². The highest BCUT2D eigenvalue weighted by molar-refractivity contribution is 7.15. The second kappa shape index (κ2) is 5.32. The van der Waals surface area contributed by atoms with E-state index in [1.807, 2.05) is 25.1 Å². The Bertz CT molecular complexity index is 564. The number of aryl methyl sites for hydroxylation is 1. The molecule has 0 radical (unpaired) electrons. The van der Waals surface area contributed by atoms with Crippen LogP contribution in [0.25, 0.3) is 10.6 Å². The van der Waals surface area contributed by atoms with Gasteiger partial charge in [0, 0.05) is 10.4 Å². The molecule has 0 aliphatic heterocycles. The summed E-state index contributed by atoms with van der Waals surface area (Å²) in [5, 5.41) is 10.3. The molecule has 0 fully saturated rings. The first-order valence-corrected chi connectivity index (χ1v) is 6.87. The number of thiazole rings is 1. The molecular formula is C15H16N2S. The number of nitriles is 1. The summed E-state index contributed by atoms with van der Waals surface area (Å²) in [6.07, 6.45) is 0. The molecule has 0 aliphatic rings. The Kier molecular flexibility index (Phi) is 3.78. The lowest BCUT2D eigenvalue weighted by Gasteiger charge is -2.10. The Morgan fingerprint density at radius 3 is 2.44 bits per heavy atom. The second-order valence-electron chi connectivity index (χ2n) is 4.69. The Morgan fingerprint density at radius 1 is 1.22 bits per heavy atom. The Hall–Kier alpha value is -1.66. The third-order valence-corrected chi connectivity index (χ3v) is 4.23. The average molecular weight is 256 g/mol. The van der Waals surface area contributed by atoms with Crippen LogP contribution in [0.1, 0.15) is 30.3 Å². The molecule has 1 aromatic carbocycles. The number of hydrogen-bond donors (Lipinski definition) is 0. The largest absolute Gasteiger partial charge is 0.241 e. The van der Waals surface area contributed by atoms with Gasteiger partial charge in [-0.25, -0.2) is 4.98 Å². The van der Waals surface area contributed by atoms with E-state index in [1.165, 1.54) is 0 Å². The summed E-state index contributed by atoms with van der Waals surface area (Å²) in [5.74, 6) is 0.262. The Labute approximate surface area is 112 Å². The fraction of sp³-hybridized carbons (Fsp3) is 0.333. The molecule has 0 spiro atoms. The molecule has 0 saturated carbocycles. The van der Waals surface area contributed by atoms with Crippen LogP contribution in [-0.2, 0) is 0 Å². The van der Waals surface area contributed by atoms with Gasteiger partial charge >= 0.3 is 0 Å². The van der Waals surface area contributed by atoms with Crippen molar-refractivity contribution in [2.45, 2.75) is 26.7 Å². The van der Waals surface area contributed by atoms with Gasteiger partial charge in [-0.1, -0.05) is 44.2 Å². The minimum Gasteiger partial charge on any atom is -0.241 e. The molecule has 1 atom stereocenters. The van der Waals surface area contributed by atoms with Crippen molar-refractivity contribution in [3.63, 3.8) is 0 Å². The van der Waals surface area contributed by atoms with Gasteiger partial charge in [0.15, 0.2) is 0 Å². The summed E-state index contributed by atoms with van der Waals surface area (Å²) in [6, 6.07) is 12.5. The lowest BCUT2D eigenvalue weighted by molar-refractivity contribution is 0.591. The van der Waals surface area contributed by atoms with Gasteiger partial charge in [-0.2, -0.15) is 5.26 Å². The second-order valence-corrected chi connectivity index (χ2v) is 5.72. The predicted octanol–water partition coefficient (Wildman–Crippen LogP) is 4.38. The highest BCUT2D eigenvalue weighted by Crippen LogP contribution is 2.35. The van der Waals surface area contributed by atoms with Gasteiger partial charge in [0.2, 0.25) is 0 Å². The lowest BCUT2D eigenvalue weighted by atomic mass is 9.95. The van der Waals surface area contributed by atoms with Crippen LogP contribution in [0.5, 0.6) is 0 Å². The maximum absolute atomic E-state index is 9.28. The normalized spacial score (nSPS) is 12.4. The monoisotopic (exact) mass is 256 g/mol. The van der Waals surface area contributed by atoms with Crippen LogP contribution in [0.4, 0.5) is 0 Å². The van der Waals surface area contributed by atoms with E-state index in [9.17, 15) is 5.26 Å². The van der Waals surface area contributed by atoms with E-state index in [4.69, 9.17) is 0 Å². The maximum Gasteiger partial charge on any atom is 0.123 e. The van der Waals surface area contributed by atoms with Crippen molar-refractivity contribution in [3.05, 3.63) is 40.9 Å². The van der Waals surface area contributed by atoms with Crippen molar-refractivity contribution in [1.29, 1.82) is 5.26 Å². The van der Waals surface area contributed by atoms with Crippen LogP contribution in [0.15, 0.2) is 30.3 Å². The molecule has 0 N–H and O–H groups in total. The van der Waals surface area contributed by atoms with Gasteiger partial charge in [-0.15, -0.1) is 11.3 Å². The van der Waals surface area contributed by atoms with E-state index in [0.29, 0.717) is 5.92 Å². The SMILES string of the molecule is Cc1nc(-c2ccccc2)sc1C(C#N)C(C)C. The Balaban J connectivity index is 2.42. The van der Waals surface area contributed by atoms with Crippen LogP contribution in [-0.4, -0.2) is 4.98 Å². The number of rotatable bonds is 3. The fourth-order valence-corrected chi connectivity index (χ4v) is 3.20. The van der Waals surface area contributed by atoms with Crippen LogP contribution < -0.4 is 0 Å². The van der Waals surface area contributed by atoms with Crippen molar-refractivity contribution >= 4 is 11.3 Å². The predicted molar refractivity (Wildman–Crippen MR) is 75.5 cm³/mol. The molecule has 0 amide bonds. The molecule has 2 rings (SSSR count). The minimum absolute atomic E-state index is 0.0556. The van der Waals surface area contributed by atoms with Crippen LogP contribution in [0, 0.1) is 24.2 Å². The van der Waals surface area contributed by atoms with E-state index in [2.05, 4.69) is 37.0 Å². The highest BCUT2D eigenvalue weighted by atomic mass is 32.1. The summed E-state index contributed by atoms with van der Waals surface area (Å²) in [6.45, 7) is 6.15. The van der Waals surface area contributed by atoms with Gasteiger partial charge in [0.25, 0.3) is 0 Å². The first kappa shape index (κ1) is 12.8. The van der Waals surface area contributed by atoms with Crippen LogP contribution in [0.3, 0.4) is 0 Å². The van der Waals surface area contributed by atoms with Gasteiger partial charge in [-0.05, 0) is 12.8 Å². The molecular weight excluding hydrogens is 240 g/mol. The van der Waals surface area contributed by atoms with E-state index in [1.54, 1.807) is 11.3 Å². The topological polar surface area (TPSA) is 36.7 Å². The minimum atomic E-state index is -0.0556. The average Bonchev–Trinajstić information content (AvgIpc) is 2.73. The number of aromatic nitrogens is 1. The van der Waals surface area contributed by atoms with E-state index < -0.39 is 0 Å². The van der Waals surface area contributed by atoms with Gasteiger partial charge in [0.05, 0.1) is 17.7 Å². The molecule has 1 heterocycles. The lowest BCUT2D eigenvalue weighted by Crippen LogP contribution is -2.03. The summed E-state index contributed by atoms with van der Waals surface area (Å²) in [5.41, 5.74) is 2.11. The molecule has 0 aliphatic carbocycles.